The van der Waals surface area contributed by atoms with Crippen LogP contribution in [0, 0.1) is 0 Å². The molecule has 3 N–H and O–H groups in total. The average molecular weight is 288 g/mol. The van der Waals surface area contributed by atoms with Crippen LogP contribution in [0.15, 0.2) is 36.5 Å². The first-order valence-electron chi connectivity index (χ1n) is 6.83. The van der Waals surface area contributed by atoms with Crippen LogP contribution in [0.1, 0.15) is 11.3 Å². The monoisotopic (exact) mass is 288 g/mol. The summed E-state index contributed by atoms with van der Waals surface area (Å²) in [5.74, 6) is 0.168. The standard InChI is InChI=1S/C15H20N4O2/c1-19-9-7-13(18-19)6-8-17-10-12-2-4-14(5-3-12)21-11-15(16)20/h2-5,7,9,17H,6,8,10-11H2,1H3,(H2,16,20). The fraction of sp³-hybridized carbons (Fsp3) is 0.333. The molecule has 0 atom stereocenters. The van der Waals surface area contributed by atoms with Crippen LogP contribution in [0.4, 0.5) is 0 Å². The summed E-state index contributed by atoms with van der Waals surface area (Å²) >= 11 is 0. The minimum absolute atomic E-state index is 0.0956. The highest BCUT2D eigenvalue weighted by Gasteiger charge is 1.99. The number of hydrogen-bond donors (Lipinski definition) is 2. The lowest BCUT2D eigenvalue weighted by Gasteiger charge is -2.06. The summed E-state index contributed by atoms with van der Waals surface area (Å²) in [6, 6.07) is 9.61. The maximum atomic E-state index is 10.6. The predicted molar refractivity (Wildman–Crippen MR) is 79.8 cm³/mol. The van der Waals surface area contributed by atoms with E-state index in [0.29, 0.717) is 5.75 Å². The molecule has 6 nitrogen and oxygen atoms in total. The van der Waals surface area contributed by atoms with Gasteiger partial charge in [-0.05, 0) is 23.8 Å². The van der Waals surface area contributed by atoms with E-state index in [0.717, 1.165) is 30.8 Å². The van der Waals surface area contributed by atoms with Crippen LogP contribution < -0.4 is 15.8 Å². The van der Waals surface area contributed by atoms with Gasteiger partial charge in [0.2, 0.25) is 0 Å². The second-order valence-corrected chi connectivity index (χ2v) is 4.81. The molecule has 0 spiro atoms. The molecule has 0 aliphatic carbocycles. The van der Waals surface area contributed by atoms with Crippen molar-refractivity contribution in [3.63, 3.8) is 0 Å². The van der Waals surface area contributed by atoms with Gasteiger partial charge >= 0.3 is 0 Å². The zero-order valence-electron chi connectivity index (χ0n) is 12.1. The van der Waals surface area contributed by atoms with E-state index < -0.39 is 5.91 Å². The van der Waals surface area contributed by atoms with Crippen molar-refractivity contribution in [1.82, 2.24) is 15.1 Å². The second-order valence-electron chi connectivity index (χ2n) is 4.81. The Morgan fingerprint density at radius 2 is 2.10 bits per heavy atom. The molecular weight excluding hydrogens is 268 g/mol. The summed E-state index contributed by atoms with van der Waals surface area (Å²) < 4.78 is 7.01. The third kappa shape index (κ3) is 5.27. The van der Waals surface area contributed by atoms with E-state index in [4.69, 9.17) is 10.5 Å². The maximum Gasteiger partial charge on any atom is 0.255 e. The molecule has 0 saturated heterocycles. The van der Waals surface area contributed by atoms with Crippen molar-refractivity contribution in [1.29, 1.82) is 0 Å². The molecule has 0 radical (unpaired) electrons. The number of benzene rings is 1. The van der Waals surface area contributed by atoms with Gasteiger partial charge in [0.1, 0.15) is 5.75 Å². The molecule has 1 aromatic heterocycles. The Morgan fingerprint density at radius 1 is 1.33 bits per heavy atom. The summed E-state index contributed by atoms with van der Waals surface area (Å²) in [5, 5.41) is 7.69. The smallest absolute Gasteiger partial charge is 0.255 e. The van der Waals surface area contributed by atoms with Crippen molar-refractivity contribution in [2.75, 3.05) is 13.2 Å². The van der Waals surface area contributed by atoms with Crippen molar-refractivity contribution >= 4 is 5.91 Å². The lowest BCUT2D eigenvalue weighted by Crippen LogP contribution is -2.20. The van der Waals surface area contributed by atoms with E-state index >= 15 is 0 Å². The predicted octanol–water partition coefficient (Wildman–Crippen LogP) is 0.616. The Labute approximate surface area is 123 Å². The van der Waals surface area contributed by atoms with Crippen molar-refractivity contribution in [2.45, 2.75) is 13.0 Å². The number of aryl methyl sites for hydroxylation is 1. The van der Waals surface area contributed by atoms with Crippen LogP contribution in [0.2, 0.25) is 0 Å². The highest BCUT2D eigenvalue weighted by molar-refractivity contribution is 5.75. The number of nitrogens with one attached hydrogen (secondary N) is 1. The lowest BCUT2D eigenvalue weighted by molar-refractivity contribution is -0.119. The van der Waals surface area contributed by atoms with Crippen LogP contribution >= 0.6 is 0 Å². The van der Waals surface area contributed by atoms with E-state index in [1.165, 1.54) is 0 Å². The molecule has 112 valence electrons. The zero-order chi connectivity index (χ0) is 15.1. The van der Waals surface area contributed by atoms with Gasteiger partial charge in [0.15, 0.2) is 6.61 Å². The number of rotatable bonds is 8. The molecule has 0 bridgehead atoms. The Morgan fingerprint density at radius 3 is 2.71 bits per heavy atom. The van der Waals surface area contributed by atoms with Crippen LogP contribution in [0.3, 0.4) is 0 Å². The fourth-order valence-electron chi connectivity index (χ4n) is 1.90. The first-order valence-corrected chi connectivity index (χ1v) is 6.83. The number of primary amides is 1. The Balaban J connectivity index is 1.69. The number of ether oxygens (including phenoxy) is 1. The van der Waals surface area contributed by atoms with Crippen LogP contribution in [-0.2, 0) is 24.8 Å². The highest BCUT2D eigenvalue weighted by atomic mass is 16.5. The minimum Gasteiger partial charge on any atom is -0.484 e. The summed E-state index contributed by atoms with van der Waals surface area (Å²) in [4.78, 5) is 10.6. The molecule has 1 aromatic carbocycles. The van der Waals surface area contributed by atoms with Gasteiger partial charge in [-0.2, -0.15) is 5.10 Å². The van der Waals surface area contributed by atoms with Crippen molar-refractivity contribution in [2.24, 2.45) is 12.8 Å². The van der Waals surface area contributed by atoms with Crippen LogP contribution in [0.5, 0.6) is 5.75 Å². The van der Waals surface area contributed by atoms with Crippen LogP contribution in [0.25, 0.3) is 0 Å². The number of hydrogen-bond acceptors (Lipinski definition) is 4. The molecule has 2 aromatic rings. The Hall–Kier alpha value is -2.34. The maximum absolute atomic E-state index is 10.6. The van der Waals surface area contributed by atoms with Gasteiger partial charge in [-0.3, -0.25) is 9.48 Å². The second kappa shape index (κ2) is 7.44. The number of aromatic nitrogens is 2. The molecule has 0 saturated carbocycles. The summed E-state index contributed by atoms with van der Waals surface area (Å²) in [6.45, 7) is 1.56. The van der Waals surface area contributed by atoms with Crippen LogP contribution in [-0.4, -0.2) is 28.8 Å². The van der Waals surface area contributed by atoms with Gasteiger partial charge in [0.05, 0.1) is 5.69 Å². The number of nitrogens with zero attached hydrogens (tertiary/aromatic N) is 2. The van der Waals surface area contributed by atoms with Crippen molar-refractivity contribution in [3.05, 3.63) is 47.8 Å². The first-order chi connectivity index (χ1) is 10.1. The van der Waals surface area contributed by atoms with E-state index in [2.05, 4.69) is 10.4 Å². The third-order valence-electron chi connectivity index (χ3n) is 2.96. The minimum atomic E-state index is -0.477. The molecule has 6 heteroatoms. The third-order valence-corrected chi connectivity index (χ3v) is 2.96. The lowest BCUT2D eigenvalue weighted by atomic mass is 10.2. The SMILES string of the molecule is Cn1ccc(CCNCc2ccc(OCC(N)=O)cc2)n1. The summed E-state index contributed by atoms with van der Waals surface area (Å²) in [6.07, 6.45) is 2.85. The van der Waals surface area contributed by atoms with E-state index in [9.17, 15) is 4.79 Å². The fourth-order valence-corrected chi connectivity index (χ4v) is 1.90. The van der Waals surface area contributed by atoms with E-state index in [1.54, 1.807) is 4.68 Å². The van der Waals surface area contributed by atoms with E-state index in [1.807, 2.05) is 43.6 Å². The normalized spacial score (nSPS) is 10.5. The quantitative estimate of drug-likeness (QED) is 0.698. The van der Waals surface area contributed by atoms with Gasteiger partial charge < -0.3 is 15.8 Å². The molecule has 1 amide bonds. The number of carbonyl (C=O) groups excluding carboxylic acids is 1. The first kappa shape index (κ1) is 15.1. The molecule has 1 heterocycles. The summed E-state index contributed by atoms with van der Waals surface area (Å²) in [7, 11) is 1.92. The van der Waals surface area contributed by atoms with Crippen molar-refractivity contribution < 1.29 is 9.53 Å². The molecule has 0 aliphatic heterocycles. The van der Waals surface area contributed by atoms with Gasteiger partial charge in [0.25, 0.3) is 5.91 Å². The molecular formula is C15H20N4O2. The van der Waals surface area contributed by atoms with Gasteiger partial charge in [-0.15, -0.1) is 0 Å². The number of carbonyl (C=O) groups is 1. The molecule has 2 rings (SSSR count). The number of nitrogens with two attached hydrogens (primary N) is 1. The summed E-state index contributed by atoms with van der Waals surface area (Å²) in [5.41, 5.74) is 7.26. The molecule has 21 heavy (non-hydrogen) atoms. The average Bonchev–Trinajstić information content (AvgIpc) is 2.88. The number of amides is 1. The van der Waals surface area contributed by atoms with Crippen molar-refractivity contribution in [3.8, 4) is 5.75 Å². The van der Waals surface area contributed by atoms with E-state index in [-0.39, 0.29) is 6.61 Å². The largest absolute Gasteiger partial charge is 0.484 e. The Bertz CT molecular complexity index is 578. The van der Waals surface area contributed by atoms with Gasteiger partial charge in [-0.1, -0.05) is 12.1 Å². The molecule has 0 aliphatic rings. The van der Waals surface area contributed by atoms with Gasteiger partial charge in [0, 0.05) is 32.8 Å². The van der Waals surface area contributed by atoms with Gasteiger partial charge in [-0.25, -0.2) is 0 Å². The molecule has 0 fully saturated rings. The highest BCUT2D eigenvalue weighted by Crippen LogP contribution is 2.11. The Kier molecular flexibility index (Phi) is 5.34. The zero-order valence-corrected chi connectivity index (χ0v) is 12.1. The topological polar surface area (TPSA) is 82.2 Å². The molecule has 0 unspecified atom stereocenters.